The van der Waals surface area contributed by atoms with Crippen LogP contribution in [0, 0.1) is 17.6 Å². The van der Waals surface area contributed by atoms with Crippen molar-refractivity contribution >= 4 is 39.9 Å². The largest absolute Gasteiger partial charge is 0.340 e. The average Bonchev–Trinajstić information content (AvgIpc) is 3.14. The van der Waals surface area contributed by atoms with E-state index in [9.17, 15) is 18.4 Å². The number of thiazole rings is 1. The summed E-state index contributed by atoms with van der Waals surface area (Å²) >= 11 is 7.46. The van der Waals surface area contributed by atoms with Crippen LogP contribution in [0.4, 0.5) is 13.9 Å². The molecule has 0 aliphatic rings. The third-order valence-electron chi connectivity index (χ3n) is 4.53. The van der Waals surface area contributed by atoms with Crippen LogP contribution in [0.1, 0.15) is 34.6 Å². The molecule has 0 saturated carbocycles. The molecule has 0 aliphatic carbocycles. The molecule has 3 aromatic rings. The topological polar surface area (TPSA) is 71.1 Å². The highest BCUT2D eigenvalue weighted by Gasteiger charge is 2.28. The molecule has 1 aromatic heterocycles. The van der Waals surface area contributed by atoms with E-state index in [1.807, 2.05) is 18.2 Å². The Morgan fingerprint density at radius 3 is 2.42 bits per heavy atom. The summed E-state index contributed by atoms with van der Waals surface area (Å²) in [5, 5.41) is 6.07. The number of carbonyl (C=O) groups is 2. The van der Waals surface area contributed by atoms with Gasteiger partial charge in [-0.25, -0.2) is 13.8 Å². The summed E-state index contributed by atoms with van der Waals surface area (Å²) in [6, 6.07) is 9.56. The number of amides is 2. The number of rotatable bonds is 7. The Balaban J connectivity index is 1.69. The van der Waals surface area contributed by atoms with Crippen LogP contribution in [-0.4, -0.2) is 22.8 Å². The third kappa shape index (κ3) is 5.65. The Labute approximate surface area is 187 Å². The van der Waals surface area contributed by atoms with Gasteiger partial charge in [-0.15, -0.1) is 11.3 Å². The van der Waals surface area contributed by atoms with E-state index in [-0.39, 0.29) is 5.92 Å². The lowest BCUT2D eigenvalue weighted by atomic mass is 10.0. The molecule has 31 heavy (non-hydrogen) atoms. The first kappa shape index (κ1) is 22.8. The van der Waals surface area contributed by atoms with Crippen molar-refractivity contribution in [3.63, 3.8) is 0 Å². The summed E-state index contributed by atoms with van der Waals surface area (Å²) < 4.78 is 27.8. The van der Waals surface area contributed by atoms with Gasteiger partial charge in [0.1, 0.15) is 23.2 Å². The first-order chi connectivity index (χ1) is 14.8. The second kappa shape index (κ2) is 9.98. The van der Waals surface area contributed by atoms with Crippen molar-refractivity contribution in [3.05, 3.63) is 81.3 Å². The molecule has 0 spiro atoms. The van der Waals surface area contributed by atoms with Crippen molar-refractivity contribution in [2.45, 2.75) is 26.3 Å². The standard InChI is InChI=1S/C22H20ClF2N3O2S/c1-12(2)19(27-20(29)18-16(24)8-5-9-17(18)25)21(30)28-22-26-11-14(31-22)10-13-6-3-4-7-15(13)23/h3-9,11-12,19H,10H2,1-2H3,(H,27,29)(H,26,28,30)/t19-/m0/s1. The SMILES string of the molecule is CC(C)[C@H](NC(=O)c1c(F)cccc1F)C(=O)Nc1ncc(Cc2ccccc2Cl)s1. The van der Waals surface area contributed by atoms with E-state index >= 15 is 0 Å². The van der Waals surface area contributed by atoms with Gasteiger partial charge < -0.3 is 10.6 Å². The molecule has 0 bridgehead atoms. The molecular weight excluding hydrogens is 444 g/mol. The Morgan fingerprint density at radius 1 is 1.10 bits per heavy atom. The molecule has 2 aromatic carbocycles. The Hall–Kier alpha value is -2.84. The summed E-state index contributed by atoms with van der Waals surface area (Å²) in [6.07, 6.45) is 2.20. The minimum absolute atomic E-state index is 0.332. The minimum atomic E-state index is -1.01. The maximum absolute atomic E-state index is 13.9. The molecule has 0 aliphatic heterocycles. The lowest BCUT2D eigenvalue weighted by molar-refractivity contribution is -0.118. The number of aromatic nitrogens is 1. The molecular formula is C22H20ClF2N3O2S. The van der Waals surface area contributed by atoms with Crippen LogP contribution in [0.15, 0.2) is 48.7 Å². The number of hydrogen-bond donors (Lipinski definition) is 2. The number of halogens is 3. The zero-order valence-corrected chi connectivity index (χ0v) is 18.4. The molecule has 3 rings (SSSR count). The number of anilines is 1. The Bertz CT molecular complexity index is 1080. The molecule has 2 amide bonds. The Kier molecular flexibility index (Phi) is 7.35. The van der Waals surface area contributed by atoms with Gasteiger partial charge in [0.15, 0.2) is 5.13 Å². The zero-order chi connectivity index (χ0) is 22.5. The lowest BCUT2D eigenvalue weighted by Gasteiger charge is -2.21. The first-order valence-electron chi connectivity index (χ1n) is 9.50. The second-order valence-electron chi connectivity index (χ2n) is 7.18. The van der Waals surface area contributed by atoms with Crippen molar-refractivity contribution in [1.82, 2.24) is 10.3 Å². The van der Waals surface area contributed by atoms with Gasteiger partial charge in [0.25, 0.3) is 5.91 Å². The summed E-state index contributed by atoms with van der Waals surface area (Å²) in [4.78, 5) is 30.2. The fourth-order valence-electron chi connectivity index (χ4n) is 2.92. The number of nitrogens with one attached hydrogen (secondary N) is 2. The lowest BCUT2D eigenvalue weighted by Crippen LogP contribution is -2.47. The molecule has 0 fully saturated rings. The molecule has 0 saturated heterocycles. The summed E-state index contributed by atoms with van der Waals surface area (Å²) in [5.41, 5.74) is 0.210. The predicted molar refractivity (Wildman–Crippen MR) is 117 cm³/mol. The third-order valence-corrected chi connectivity index (χ3v) is 5.81. The van der Waals surface area contributed by atoms with Gasteiger partial charge in [-0.1, -0.05) is 49.7 Å². The van der Waals surface area contributed by atoms with Crippen molar-refractivity contribution in [1.29, 1.82) is 0 Å². The fraction of sp³-hybridized carbons (Fsp3) is 0.227. The van der Waals surface area contributed by atoms with Crippen molar-refractivity contribution in [3.8, 4) is 0 Å². The molecule has 0 radical (unpaired) electrons. The van der Waals surface area contributed by atoms with Crippen molar-refractivity contribution in [2.75, 3.05) is 5.32 Å². The smallest absolute Gasteiger partial charge is 0.257 e. The fourth-order valence-corrected chi connectivity index (χ4v) is 3.96. The van der Waals surface area contributed by atoms with Gasteiger partial charge in [0.2, 0.25) is 5.91 Å². The van der Waals surface area contributed by atoms with Crippen LogP contribution in [0.2, 0.25) is 5.02 Å². The maximum atomic E-state index is 13.9. The van der Waals surface area contributed by atoms with Gasteiger partial charge in [-0.2, -0.15) is 0 Å². The molecule has 1 atom stereocenters. The monoisotopic (exact) mass is 463 g/mol. The van der Waals surface area contributed by atoms with E-state index in [1.165, 1.54) is 11.3 Å². The normalized spacial score (nSPS) is 11.9. The van der Waals surface area contributed by atoms with Crippen LogP contribution in [-0.2, 0) is 11.2 Å². The highest BCUT2D eigenvalue weighted by molar-refractivity contribution is 7.15. The van der Waals surface area contributed by atoms with Crippen LogP contribution in [0.5, 0.6) is 0 Å². The average molecular weight is 464 g/mol. The summed E-state index contributed by atoms with van der Waals surface area (Å²) in [5.74, 6) is -3.85. The van der Waals surface area contributed by atoms with Crippen LogP contribution in [0.25, 0.3) is 0 Å². The van der Waals surface area contributed by atoms with Crippen LogP contribution in [0.3, 0.4) is 0 Å². The molecule has 5 nitrogen and oxygen atoms in total. The van der Waals surface area contributed by atoms with E-state index in [1.54, 1.807) is 26.1 Å². The molecule has 1 heterocycles. The van der Waals surface area contributed by atoms with Crippen molar-refractivity contribution < 1.29 is 18.4 Å². The predicted octanol–water partition coefficient (Wildman–Crippen LogP) is 5.06. The quantitative estimate of drug-likeness (QED) is 0.514. The van der Waals surface area contributed by atoms with E-state index < -0.39 is 35.1 Å². The van der Waals surface area contributed by atoms with Crippen LogP contribution < -0.4 is 10.6 Å². The highest BCUT2D eigenvalue weighted by Crippen LogP contribution is 2.25. The van der Waals surface area contributed by atoms with Gasteiger partial charge in [0, 0.05) is 22.5 Å². The first-order valence-corrected chi connectivity index (χ1v) is 10.7. The van der Waals surface area contributed by atoms with Gasteiger partial charge in [-0.05, 0) is 29.7 Å². The minimum Gasteiger partial charge on any atom is -0.340 e. The van der Waals surface area contributed by atoms with Crippen molar-refractivity contribution in [2.24, 2.45) is 5.92 Å². The maximum Gasteiger partial charge on any atom is 0.257 e. The number of nitrogens with zero attached hydrogens (tertiary/aromatic N) is 1. The zero-order valence-electron chi connectivity index (χ0n) is 16.8. The molecule has 162 valence electrons. The number of carbonyl (C=O) groups excluding carboxylic acids is 2. The molecule has 0 unspecified atom stereocenters. The van der Waals surface area contributed by atoms with Gasteiger partial charge in [-0.3, -0.25) is 9.59 Å². The molecule has 2 N–H and O–H groups in total. The van der Waals surface area contributed by atoms with E-state index in [0.717, 1.165) is 28.6 Å². The van der Waals surface area contributed by atoms with Gasteiger partial charge in [0.05, 0.1) is 0 Å². The summed E-state index contributed by atoms with van der Waals surface area (Å²) in [6.45, 7) is 3.43. The van der Waals surface area contributed by atoms with E-state index in [2.05, 4.69) is 15.6 Å². The van der Waals surface area contributed by atoms with E-state index in [0.29, 0.717) is 16.6 Å². The summed E-state index contributed by atoms with van der Waals surface area (Å²) in [7, 11) is 0. The second-order valence-corrected chi connectivity index (χ2v) is 8.70. The number of benzene rings is 2. The van der Waals surface area contributed by atoms with Crippen LogP contribution >= 0.6 is 22.9 Å². The highest BCUT2D eigenvalue weighted by atomic mass is 35.5. The molecule has 9 heteroatoms. The Morgan fingerprint density at radius 2 is 1.77 bits per heavy atom. The number of hydrogen-bond acceptors (Lipinski definition) is 4. The van der Waals surface area contributed by atoms with E-state index in [4.69, 9.17) is 11.6 Å². The van der Waals surface area contributed by atoms with Gasteiger partial charge >= 0.3 is 0 Å².